The van der Waals surface area contributed by atoms with Gasteiger partial charge in [0.05, 0.1) is 25.3 Å². The van der Waals surface area contributed by atoms with Crippen molar-refractivity contribution < 1.29 is 23.0 Å². The van der Waals surface area contributed by atoms with Crippen LogP contribution in [0.3, 0.4) is 0 Å². The summed E-state index contributed by atoms with van der Waals surface area (Å²) in [5, 5.41) is 0. The van der Waals surface area contributed by atoms with Gasteiger partial charge >= 0.3 is 0 Å². The van der Waals surface area contributed by atoms with Crippen LogP contribution in [-0.2, 0) is 4.79 Å². The average molecular weight is 459 g/mol. The van der Waals surface area contributed by atoms with Gasteiger partial charge in [-0.1, -0.05) is 32.9 Å². The zero-order valence-electron chi connectivity index (χ0n) is 19.5. The number of aromatic nitrogens is 1. The Hall–Kier alpha value is -2.70. The summed E-state index contributed by atoms with van der Waals surface area (Å²) in [4.78, 5) is 18.9. The molecule has 5 nitrogen and oxygen atoms in total. The first-order chi connectivity index (χ1) is 15.7. The molecule has 3 unspecified atom stereocenters. The molecule has 0 bridgehead atoms. The highest BCUT2D eigenvalue weighted by Gasteiger charge is 2.57. The first kappa shape index (κ1) is 23.5. The normalized spacial score (nSPS) is 22.3. The number of rotatable bonds is 10. The van der Waals surface area contributed by atoms with Crippen LogP contribution in [-0.4, -0.2) is 42.5 Å². The molecular formula is C26H32F2N2O3. The molecule has 1 aromatic carbocycles. The molecule has 0 amide bonds. The van der Waals surface area contributed by atoms with Crippen molar-refractivity contribution in [1.29, 1.82) is 0 Å². The molecule has 1 aliphatic carbocycles. The first-order valence-corrected chi connectivity index (χ1v) is 11.7. The number of pyridine rings is 1. The third-order valence-corrected chi connectivity index (χ3v) is 6.37. The summed E-state index contributed by atoms with van der Waals surface area (Å²) in [6, 6.07) is 11.5. The van der Waals surface area contributed by atoms with E-state index in [1.165, 1.54) is 0 Å². The fraction of sp³-hybridized carbons (Fsp3) is 0.538. The van der Waals surface area contributed by atoms with Crippen molar-refractivity contribution in [2.24, 2.45) is 11.8 Å². The Labute approximate surface area is 194 Å². The molecule has 1 saturated carbocycles. The van der Waals surface area contributed by atoms with Crippen molar-refractivity contribution >= 4 is 11.6 Å². The number of carbonyl (C=O) groups is 1. The van der Waals surface area contributed by atoms with Gasteiger partial charge in [-0.25, -0.2) is 13.8 Å². The number of Topliss-reactive ketones (excluding diaryl/α,β-unsaturated/α-hetero) is 1. The second kappa shape index (κ2) is 9.65. The molecule has 0 radical (unpaired) electrons. The van der Waals surface area contributed by atoms with E-state index in [0.29, 0.717) is 24.6 Å². The molecule has 0 N–H and O–H groups in total. The minimum atomic E-state index is -2.57. The van der Waals surface area contributed by atoms with E-state index in [1.807, 2.05) is 37.3 Å². The van der Waals surface area contributed by atoms with Crippen molar-refractivity contribution in [2.45, 2.75) is 58.0 Å². The molecule has 1 saturated heterocycles. The number of hydrogen-bond donors (Lipinski definition) is 0. The number of anilines is 1. The van der Waals surface area contributed by atoms with Crippen molar-refractivity contribution in [3.63, 3.8) is 0 Å². The maximum atomic E-state index is 13.0. The zero-order chi connectivity index (χ0) is 23.6. The van der Waals surface area contributed by atoms with Gasteiger partial charge in [0.25, 0.3) is 5.92 Å². The van der Waals surface area contributed by atoms with Gasteiger partial charge in [0.15, 0.2) is 0 Å². The number of ether oxygens (including phenoxy) is 2. The second-order valence-corrected chi connectivity index (χ2v) is 9.65. The van der Waals surface area contributed by atoms with E-state index < -0.39 is 11.8 Å². The Bertz CT molecular complexity index is 947. The van der Waals surface area contributed by atoms with Crippen molar-refractivity contribution in [1.82, 2.24) is 4.98 Å². The molecule has 7 heteroatoms. The predicted octanol–water partition coefficient (Wildman–Crippen LogP) is 5.49. The lowest BCUT2D eigenvalue weighted by molar-refractivity contribution is -0.120. The molecule has 3 atom stereocenters. The number of benzene rings is 1. The predicted molar refractivity (Wildman–Crippen MR) is 123 cm³/mol. The van der Waals surface area contributed by atoms with Crippen LogP contribution < -0.4 is 14.4 Å². The number of hydrogen-bond acceptors (Lipinski definition) is 5. The summed E-state index contributed by atoms with van der Waals surface area (Å²) in [6.45, 7) is 7.64. The van der Waals surface area contributed by atoms with Gasteiger partial charge in [-0.05, 0) is 35.7 Å². The van der Waals surface area contributed by atoms with Gasteiger partial charge in [0.2, 0.25) is 0 Å². The van der Waals surface area contributed by atoms with Crippen LogP contribution in [0.25, 0.3) is 0 Å². The highest BCUT2D eigenvalue weighted by molar-refractivity contribution is 5.85. The summed E-state index contributed by atoms with van der Waals surface area (Å²) >= 11 is 0. The summed E-state index contributed by atoms with van der Waals surface area (Å²) in [6.07, 6.45) is 3.01. The smallest absolute Gasteiger partial charge is 0.255 e. The lowest BCUT2D eigenvalue weighted by Gasteiger charge is -2.19. The Morgan fingerprint density at radius 3 is 2.45 bits per heavy atom. The molecule has 4 rings (SSSR count). The first-order valence-electron chi connectivity index (χ1n) is 11.7. The Morgan fingerprint density at radius 2 is 1.85 bits per heavy atom. The van der Waals surface area contributed by atoms with Crippen LogP contribution in [0.1, 0.15) is 51.5 Å². The van der Waals surface area contributed by atoms with Gasteiger partial charge in [-0.15, -0.1) is 0 Å². The van der Waals surface area contributed by atoms with Gasteiger partial charge in [0, 0.05) is 31.7 Å². The summed E-state index contributed by atoms with van der Waals surface area (Å²) < 4.78 is 37.5. The van der Waals surface area contributed by atoms with Crippen LogP contribution in [0.15, 0.2) is 42.6 Å². The lowest BCUT2D eigenvalue weighted by atomic mass is 9.92. The standard InChI is InChI=1S/C26H32F2N2O3/c1-17(2)12-24(31)18(3)19-4-6-21(7-5-19)33-23-10-11-30(15-23)25-9-8-22(14-29-25)32-16-20-13-26(20,27)28/h4-9,14,17-18,20,23H,10-13,15-16H2,1-3H3. The zero-order valence-corrected chi connectivity index (χ0v) is 19.5. The largest absolute Gasteiger partial charge is 0.491 e. The van der Waals surface area contributed by atoms with Crippen molar-refractivity contribution in [3.8, 4) is 11.5 Å². The summed E-state index contributed by atoms with van der Waals surface area (Å²) in [7, 11) is 0. The van der Waals surface area contributed by atoms with Crippen LogP contribution in [0, 0.1) is 11.8 Å². The number of carbonyl (C=O) groups excluding carboxylic acids is 1. The van der Waals surface area contributed by atoms with Crippen LogP contribution >= 0.6 is 0 Å². The third kappa shape index (κ3) is 6.01. The van der Waals surface area contributed by atoms with E-state index in [4.69, 9.17) is 9.47 Å². The van der Waals surface area contributed by atoms with E-state index in [0.717, 1.165) is 30.1 Å². The summed E-state index contributed by atoms with van der Waals surface area (Å²) in [5.74, 6) is -0.604. The molecule has 1 aliphatic heterocycles. The number of alkyl halides is 2. The highest BCUT2D eigenvalue weighted by atomic mass is 19.3. The number of nitrogens with zero attached hydrogens (tertiary/aromatic N) is 2. The highest BCUT2D eigenvalue weighted by Crippen LogP contribution is 2.48. The topological polar surface area (TPSA) is 51.7 Å². The van der Waals surface area contributed by atoms with Crippen molar-refractivity contribution in [2.75, 3.05) is 24.6 Å². The van der Waals surface area contributed by atoms with E-state index in [9.17, 15) is 13.6 Å². The minimum Gasteiger partial charge on any atom is -0.491 e. The molecule has 33 heavy (non-hydrogen) atoms. The maximum Gasteiger partial charge on any atom is 0.255 e. The molecule has 2 fully saturated rings. The quantitative estimate of drug-likeness (QED) is 0.471. The minimum absolute atomic E-state index is 0.0249. The van der Waals surface area contributed by atoms with Crippen LogP contribution in [0.4, 0.5) is 14.6 Å². The van der Waals surface area contributed by atoms with Gasteiger partial charge in [-0.2, -0.15) is 0 Å². The van der Waals surface area contributed by atoms with E-state index in [1.54, 1.807) is 12.3 Å². The molecule has 0 spiro atoms. The SMILES string of the molecule is CC(C)CC(=O)C(C)c1ccc(OC2CCN(c3ccc(OCC4CC4(F)F)cn3)C2)cc1. The number of halogens is 2. The number of ketones is 1. The van der Waals surface area contributed by atoms with E-state index in [2.05, 4.69) is 23.7 Å². The molecule has 2 aliphatic rings. The van der Waals surface area contributed by atoms with Crippen LogP contribution in [0.2, 0.25) is 0 Å². The van der Waals surface area contributed by atoms with Gasteiger partial charge in [0.1, 0.15) is 29.2 Å². The van der Waals surface area contributed by atoms with E-state index in [-0.39, 0.29) is 30.8 Å². The fourth-order valence-electron chi connectivity index (χ4n) is 4.12. The lowest BCUT2D eigenvalue weighted by Crippen LogP contribution is -2.25. The molecule has 1 aromatic heterocycles. The maximum absolute atomic E-state index is 13.0. The van der Waals surface area contributed by atoms with Gasteiger partial charge < -0.3 is 14.4 Å². The average Bonchev–Trinajstić information content (AvgIpc) is 3.16. The monoisotopic (exact) mass is 458 g/mol. The summed E-state index contributed by atoms with van der Waals surface area (Å²) in [5.41, 5.74) is 1.01. The third-order valence-electron chi connectivity index (χ3n) is 6.37. The molecule has 178 valence electrons. The Morgan fingerprint density at radius 1 is 1.15 bits per heavy atom. The van der Waals surface area contributed by atoms with Crippen LogP contribution in [0.5, 0.6) is 11.5 Å². The fourth-order valence-corrected chi connectivity index (χ4v) is 4.12. The van der Waals surface area contributed by atoms with E-state index >= 15 is 0 Å². The molecule has 2 aromatic rings. The molecule has 2 heterocycles. The Kier molecular flexibility index (Phi) is 6.86. The second-order valence-electron chi connectivity index (χ2n) is 9.65. The Balaban J connectivity index is 1.25. The van der Waals surface area contributed by atoms with Crippen molar-refractivity contribution in [3.05, 3.63) is 48.2 Å². The molecular weight excluding hydrogens is 426 g/mol. The van der Waals surface area contributed by atoms with Gasteiger partial charge in [-0.3, -0.25) is 4.79 Å².